The molecule has 0 aliphatic heterocycles. The van der Waals surface area contributed by atoms with Gasteiger partial charge in [0.15, 0.2) is 0 Å². The van der Waals surface area contributed by atoms with Crippen LogP contribution in [-0.2, 0) is 0 Å². The fourth-order valence-electron chi connectivity index (χ4n) is 1.96. The van der Waals surface area contributed by atoms with E-state index < -0.39 is 6.10 Å². The highest BCUT2D eigenvalue weighted by atomic mass is 16.5. The van der Waals surface area contributed by atoms with Crippen LogP contribution in [-0.4, -0.2) is 41.6 Å². The van der Waals surface area contributed by atoms with E-state index >= 15 is 0 Å². The van der Waals surface area contributed by atoms with Crippen molar-refractivity contribution in [2.75, 3.05) is 19.8 Å². The molecule has 20 heavy (non-hydrogen) atoms. The highest BCUT2D eigenvalue weighted by Gasteiger charge is 2.21. The number of aryl methyl sites for hydroxylation is 1. The lowest BCUT2D eigenvalue weighted by Crippen LogP contribution is -2.47. The summed E-state index contributed by atoms with van der Waals surface area (Å²) in [6, 6.07) is 7.77. The molecule has 4 nitrogen and oxygen atoms in total. The van der Waals surface area contributed by atoms with Crippen molar-refractivity contribution in [1.82, 2.24) is 5.32 Å². The summed E-state index contributed by atoms with van der Waals surface area (Å²) in [5.74, 6) is 0.776. The van der Waals surface area contributed by atoms with Crippen LogP contribution in [0.2, 0.25) is 0 Å². The number of benzene rings is 1. The van der Waals surface area contributed by atoms with E-state index in [9.17, 15) is 5.11 Å². The third-order valence-electron chi connectivity index (χ3n) is 3.64. The van der Waals surface area contributed by atoms with Gasteiger partial charge in [0.1, 0.15) is 18.5 Å². The lowest BCUT2D eigenvalue weighted by molar-refractivity contribution is 0.0934. The Balaban J connectivity index is 2.34. The van der Waals surface area contributed by atoms with E-state index in [-0.39, 0.29) is 18.8 Å². The molecule has 3 N–H and O–H groups in total. The van der Waals surface area contributed by atoms with Crippen molar-refractivity contribution in [3.63, 3.8) is 0 Å². The number of β-amino-alcohol motifs (C(OH)–C–C–N with tert-alkyl or cyclic N) is 1. The average molecular weight is 281 g/mol. The van der Waals surface area contributed by atoms with E-state index in [1.54, 1.807) is 0 Å². The van der Waals surface area contributed by atoms with Crippen molar-refractivity contribution in [2.45, 2.75) is 45.3 Å². The summed E-state index contributed by atoms with van der Waals surface area (Å²) >= 11 is 0. The van der Waals surface area contributed by atoms with E-state index in [1.807, 2.05) is 31.2 Å². The number of ether oxygens (including phenoxy) is 1. The molecule has 2 atom stereocenters. The van der Waals surface area contributed by atoms with Gasteiger partial charge in [0.05, 0.1) is 0 Å². The Morgan fingerprint density at radius 1 is 1.40 bits per heavy atom. The van der Waals surface area contributed by atoms with E-state index in [0.29, 0.717) is 13.0 Å². The normalized spacial score (nSPS) is 15.7. The van der Waals surface area contributed by atoms with Gasteiger partial charge >= 0.3 is 0 Å². The Morgan fingerprint density at radius 3 is 2.75 bits per heavy atom. The Labute approximate surface area is 121 Å². The maximum absolute atomic E-state index is 9.96. The summed E-state index contributed by atoms with van der Waals surface area (Å²) in [6.45, 7) is 6.99. The molecule has 2 unspecified atom stereocenters. The zero-order valence-electron chi connectivity index (χ0n) is 12.7. The van der Waals surface area contributed by atoms with Crippen LogP contribution < -0.4 is 10.1 Å². The Hall–Kier alpha value is -1.10. The number of hydrogen-bond acceptors (Lipinski definition) is 4. The molecule has 0 aromatic heterocycles. The second kappa shape index (κ2) is 8.25. The highest BCUT2D eigenvalue weighted by Crippen LogP contribution is 2.14. The number of aliphatic hydroxyl groups excluding tert-OH is 2. The van der Waals surface area contributed by atoms with Crippen molar-refractivity contribution in [2.24, 2.45) is 0 Å². The summed E-state index contributed by atoms with van der Waals surface area (Å²) in [7, 11) is 0. The first-order valence-corrected chi connectivity index (χ1v) is 7.22. The molecular weight excluding hydrogens is 254 g/mol. The van der Waals surface area contributed by atoms with Crippen molar-refractivity contribution in [3.8, 4) is 5.75 Å². The number of rotatable bonds is 9. The lowest BCUT2D eigenvalue weighted by Gasteiger charge is -2.30. The molecular formula is C16H27NO3. The van der Waals surface area contributed by atoms with Gasteiger partial charge in [0.25, 0.3) is 0 Å². The third-order valence-corrected chi connectivity index (χ3v) is 3.64. The monoisotopic (exact) mass is 281 g/mol. The number of aliphatic hydroxyl groups is 2. The zero-order valence-corrected chi connectivity index (χ0v) is 12.7. The van der Waals surface area contributed by atoms with Crippen LogP contribution >= 0.6 is 0 Å². The molecule has 0 radical (unpaired) electrons. The fourth-order valence-corrected chi connectivity index (χ4v) is 1.96. The summed E-state index contributed by atoms with van der Waals surface area (Å²) < 4.78 is 5.57. The maximum atomic E-state index is 9.96. The van der Waals surface area contributed by atoms with Crippen LogP contribution in [0.5, 0.6) is 5.75 Å². The van der Waals surface area contributed by atoms with Gasteiger partial charge in [-0.25, -0.2) is 0 Å². The first-order valence-electron chi connectivity index (χ1n) is 7.22. The van der Waals surface area contributed by atoms with Gasteiger partial charge in [-0.1, -0.05) is 19.1 Å². The van der Waals surface area contributed by atoms with Crippen LogP contribution in [0.25, 0.3) is 0 Å². The van der Waals surface area contributed by atoms with Crippen LogP contribution in [0.1, 0.15) is 32.3 Å². The summed E-state index contributed by atoms with van der Waals surface area (Å²) in [5.41, 5.74) is 0.996. The van der Waals surface area contributed by atoms with Crippen LogP contribution in [0, 0.1) is 6.92 Å². The molecule has 0 aliphatic rings. The van der Waals surface area contributed by atoms with Gasteiger partial charge in [-0.2, -0.15) is 0 Å². The third kappa shape index (κ3) is 5.90. The van der Waals surface area contributed by atoms with Gasteiger partial charge in [-0.05, 0) is 44.4 Å². The second-order valence-corrected chi connectivity index (χ2v) is 5.55. The molecule has 1 aromatic rings. The second-order valence-electron chi connectivity index (χ2n) is 5.55. The minimum absolute atomic E-state index is 0.140. The van der Waals surface area contributed by atoms with Gasteiger partial charge < -0.3 is 20.3 Å². The molecule has 0 spiro atoms. The number of hydrogen-bond donors (Lipinski definition) is 3. The first kappa shape index (κ1) is 17.0. The molecule has 0 bridgehead atoms. The van der Waals surface area contributed by atoms with Crippen molar-refractivity contribution in [1.29, 1.82) is 0 Å². The maximum Gasteiger partial charge on any atom is 0.119 e. The standard InChI is InChI=1S/C16H27NO3/c1-4-16(3,8-9-18)17-11-14(19)12-20-15-7-5-6-13(2)10-15/h5-7,10,14,17-19H,4,8-9,11-12H2,1-3H3. The molecule has 0 saturated carbocycles. The van der Waals surface area contributed by atoms with E-state index in [0.717, 1.165) is 17.7 Å². The molecule has 0 aliphatic carbocycles. The Bertz CT molecular complexity index is 397. The van der Waals surface area contributed by atoms with E-state index in [1.165, 1.54) is 0 Å². The van der Waals surface area contributed by atoms with Gasteiger partial charge in [-0.15, -0.1) is 0 Å². The molecule has 114 valence electrons. The quantitative estimate of drug-likeness (QED) is 0.647. The Kier molecular flexibility index (Phi) is 6.99. The van der Waals surface area contributed by atoms with E-state index in [2.05, 4.69) is 19.2 Å². The summed E-state index contributed by atoms with van der Waals surface area (Å²) in [4.78, 5) is 0. The fraction of sp³-hybridized carbons (Fsp3) is 0.625. The summed E-state index contributed by atoms with van der Waals surface area (Å²) in [6.07, 6.45) is 1.01. The molecule has 1 rings (SSSR count). The first-order chi connectivity index (χ1) is 9.49. The van der Waals surface area contributed by atoms with Crippen LogP contribution in [0.4, 0.5) is 0 Å². The summed E-state index contributed by atoms with van der Waals surface area (Å²) in [5, 5.41) is 22.3. The SMILES string of the molecule is CCC(C)(CCO)NCC(O)COc1cccc(C)c1. The van der Waals surface area contributed by atoms with Crippen molar-refractivity contribution >= 4 is 0 Å². The molecule has 0 heterocycles. The molecule has 1 aromatic carbocycles. The van der Waals surface area contributed by atoms with Gasteiger partial charge in [-0.3, -0.25) is 0 Å². The lowest BCUT2D eigenvalue weighted by atomic mass is 9.95. The smallest absolute Gasteiger partial charge is 0.119 e. The zero-order chi connectivity index (χ0) is 15.0. The largest absolute Gasteiger partial charge is 0.491 e. The number of nitrogens with one attached hydrogen (secondary N) is 1. The topological polar surface area (TPSA) is 61.7 Å². The van der Waals surface area contributed by atoms with Crippen molar-refractivity contribution < 1.29 is 14.9 Å². The predicted octanol–water partition coefficient (Wildman–Crippen LogP) is 1.88. The van der Waals surface area contributed by atoms with Gasteiger partial charge in [0, 0.05) is 18.7 Å². The van der Waals surface area contributed by atoms with Crippen molar-refractivity contribution in [3.05, 3.63) is 29.8 Å². The Morgan fingerprint density at radius 2 is 2.15 bits per heavy atom. The highest BCUT2D eigenvalue weighted by molar-refractivity contribution is 5.27. The van der Waals surface area contributed by atoms with E-state index in [4.69, 9.17) is 9.84 Å². The average Bonchev–Trinajstić information content (AvgIpc) is 2.43. The molecule has 0 fully saturated rings. The minimum atomic E-state index is -0.569. The van der Waals surface area contributed by atoms with Crippen LogP contribution in [0.15, 0.2) is 24.3 Å². The van der Waals surface area contributed by atoms with Crippen LogP contribution in [0.3, 0.4) is 0 Å². The molecule has 0 amide bonds. The molecule has 4 heteroatoms. The predicted molar refractivity (Wildman–Crippen MR) is 81.1 cm³/mol. The molecule has 0 saturated heterocycles. The minimum Gasteiger partial charge on any atom is -0.491 e. The van der Waals surface area contributed by atoms with Gasteiger partial charge in [0.2, 0.25) is 0 Å².